The summed E-state index contributed by atoms with van der Waals surface area (Å²) >= 11 is 0. The van der Waals surface area contributed by atoms with Gasteiger partial charge in [-0.05, 0) is 29.7 Å². The van der Waals surface area contributed by atoms with Gasteiger partial charge in [0.15, 0.2) is 11.5 Å². The summed E-state index contributed by atoms with van der Waals surface area (Å²) in [4.78, 5) is 4.86. The molecule has 0 saturated carbocycles. The number of aromatic hydroxyl groups is 1. The molecule has 3 rings (SSSR count). The largest absolute Gasteiger partial charge is 0.504 e. The summed E-state index contributed by atoms with van der Waals surface area (Å²) in [5.74, 6) is 0.680. The lowest BCUT2D eigenvalue weighted by Gasteiger charge is -2.41. The minimum absolute atomic E-state index is 0.180. The third-order valence-corrected chi connectivity index (χ3v) is 5.03. The number of hydrogen-bond acceptors (Lipinski definition) is 5. The van der Waals surface area contributed by atoms with Gasteiger partial charge in [0.2, 0.25) is 0 Å². The van der Waals surface area contributed by atoms with E-state index in [-0.39, 0.29) is 12.4 Å². The van der Waals surface area contributed by atoms with Crippen molar-refractivity contribution in [1.82, 2.24) is 9.80 Å². The lowest BCUT2D eigenvalue weighted by atomic mass is 10.1. The van der Waals surface area contributed by atoms with Gasteiger partial charge >= 0.3 is 0 Å². The standard InChI is InChI=1S/C21H28N2O3/c1-26-21-8-7-18(13-20(21)25)14-22-10-11-23(19(16-22)9-12-24)15-17-5-3-2-4-6-17/h2-8,13,19,24-25H,9-12,14-16H2,1H3/t19-/m1/s1. The minimum Gasteiger partial charge on any atom is -0.504 e. The smallest absolute Gasteiger partial charge is 0.160 e. The first kappa shape index (κ1) is 18.7. The van der Waals surface area contributed by atoms with Crippen LogP contribution in [0, 0.1) is 0 Å². The van der Waals surface area contributed by atoms with Gasteiger partial charge < -0.3 is 14.9 Å². The number of rotatable bonds is 7. The van der Waals surface area contributed by atoms with Crippen LogP contribution < -0.4 is 4.74 Å². The Hall–Kier alpha value is -2.08. The highest BCUT2D eigenvalue weighted by molar-refractivity contribution is 5.41. The van der Waals surface area contributed by atoms with Crippen LogP contribution in [0.2, 0.25) is 0 Å². The Morgan fingerprint density at radius 2 is 1.85 bits per heavy atom. The molecule has 0 spiro atoms. The molecule has 1 aliphatic heterocycles. The molecular weight excluding hydrogens is 328 g/mol. The van der Waals surface area contributed by atoms with Gasteiger partial charge in [-0.2, -0.15) is 0 Å². The van der Waals surface area contributed by atoms with Crippen molar-refractivity contribution >= 4 is 0 Å². The zero-order valence-corrected chi connectivity index (χ0v) is 15.3. The second-order valence-electron chi connectivity index (χ2n) is 6.86. The highest BCUT2D eigenvalue weighted by Gasteiger charge is 2.26. The summed E-state index contributed by atoms with van der Waals surface area (Å²) in [6.45, 7) is 4.78. The summed E-state index contributed by atoms with van der Waals surface area (Å²) in [5.41, 5.74) is 2.38. The second-order valence-corrected chi connectivity index (χ2v) is 6.86. The van der Waals surface area contributed by atoms with E-state index in [0.29, 0.717) is 11.8 Å². The number of methoxy groups -OCH3 is 1. The van der Waals surface area contributed by atoms with Crippen molar-refractivity contribution in [2.24, 2.45) is 0 Å². The van der Waals surface area contributed by atoms with E-state index in [1.807, 2.05) is 18.2 Å². The molecule has 1 fully saturated rings. The van der Waals surface area contributed by atoms with E-state index in [0.717, 1.165) is 44.7 Å². The molecule has 5 nitrogen and oxygen atoms in total. The molecule has 0 aliphatic carbocycles. The number of aliphatic hydroxyl groups is 1. The monoisotopic (exact) mass is 356 g/mol. The minimum atomic E-state index is 0.180. The fourth-order valence-corrected chi connectivity index (χ4v) is 3.64. The molecule has 1 aliphatic rings. The fraction of sp³-hybridized carbons (Fsp3) is 0.429. The van der Waals surface area contributed by atoms with Crippen LogP contribution in [0.1, 0.15) is 17.5 Å². The predicted molar refractivity (Wildman–Crippen MR) is 102 cm³/mol. The van der Waals surface area contributed by atoms with Crippen molar-refractivity contribution < 1.29 is 14.9 Å². The van der Waals surface area contributed by atoms with E-state index in [1.165, 1.54) is 5.56 Å². The number of ether oxygens (including phenoxy) is 1. The molecule has 0 radical (unpaired) electrons. The molecule has 0 unspecified atom stereocenters. The molecule has 5 heteroatoms. The summed E-state index contributed by atoms with van der Waals surface area (Å²) < 4.78 is 5.11. The summed E-state index contributed by atoms with van der Waals surface area (Å²) in [5, 5.41) is 19.5. The van der Waals surface area contributed by atoms with Crippen LogP contribution in [-0.2, 0) is 13.1 Å². The van der Waals surface area contributed by atoms with Gasteiger partial charge in [-0.15, -0.1) is 0 Å². The van der Waals surface area contributed by atoms with Crippen LogP contribution >= 0.6 is 0 Å². The molecule has 0 amide bonds. The first-order valence-electron chi connectivity index (χ1n) is 9.16. The highest BCUT2D eigenvalue weighted by atomic mass is 16.5. The Morgan fingerprint density at radius 3 is 2.54 bits per heavy atom. The number of phenols is 1. The van der Waals surface area contributed by atoms with Gasteiger partial charge in [0.25, 0.3) is 0 Å². The predicted octanol–water partition coefficient (Wildman–Crippen LogP) is 2.47. The summed E-state index contributed by atoms with van der Waals surface area (Å²) in [6.07, 6.45) is 0.775. The molecule has 0 aromatic heterocycles. The van der Waals surface area contributed by atoms with Crippen LogP contribution in [0.5, 0.6) is 11.5 Å². The zero-order chi connectivity index (χ0) is 18.4. The van der Waals surface area contributed by atoms with Crippen LogP contribution in [-0.4, -0.2) is 59.4 Å². The molecular formula is C21H28N2O3. The van der Waals surface area contributed by atoms with Crippen LogP contribution in [0.4, 0.5) is 0 Å². The van der Waals surface area contributed by atoms with Crippen molar-refractivity contribution in [3.05, 3.63) is 59.7 Å². The molecule has 1 heterocycles. The Labute approximate surface area is 155 Å². The van der Waals surface area contributed by atoms with Crippen molar-refractivity contribution in [2.45, 2.75) is 25.6 Å². The van der Waals surface area contributed by atoms with Crippen LogP contribution in [0.3, 0.4) is 0 Å². The molecule has 2 aromatic carbocycles. The van der Waals surface area contributed by atoms with Gasteiger partial charge in [-0.3, -0.25) is 9.80 Å². The van der Waals surface area contributed by atoms with E-state index in [9.17, 15) is 10.2 Å². The van der Waals surface area contributed by atoms with Crippen molar-refractivity contribution in [3.63, 3.8) is 0 Å². The number of phenolic OH excluding ortho intramolecular Hbond substituents is 1. The number of piperazine rings is 1. The second kappa shape index (κ2) is 9.03. The number of aliphatic hydroxyl groups excluding tert-OH is 1. The molecule has 1 atom stereocenters. The molecule has 2 aromatic rings. The molecule has 2 N–H and O–H groups in total. The van der Waals surface area contributed by atoms with E-state index >= 15 is 0 Å². The first-order valence-corrected chi connectivity index (χ1v) is 9.16. The third-order valence-electron chi connectivity index (χ3n) is 5.03. The van der Waals surface area contributed by atoms with Gasteiger partial charge in [-0.1, -0.05) is 36.4 Å². The van der Waals surface area contributed by atoms with E-state index in [2.05, 4.69) is 34.1 Å². The van der Waals surface area contributed by atoms with Crippen molar-refractivity contribution in [1.29, 1.82) is 0 Å². The Balaban J connectivity index is 1.62. The number of nitrogens with zero attached hydrogens (tertiary/aromatic N) is 2. The molecule has 140 valence electrons. The lowest BCUT2D eigenvalue weighted by molar-refractivity contribution is 0.0499. The van der Waals surface area contributed by atoms with Gasteiger partial charge in [0.1, 0.15) is 0 Å². The maximum absolute atomic E-state index is 9.98. The van der Waals surface area contributed by atoms with Gasteiger partial charge in [0, 0.05) is 45.4 Å². The topological polar surface area (TPSA) is 56.2 Å². The Kier molecular flexibility index (Phi) is 6.50. The fourth-order valence-electron chi connectivity index (χ4n) is 3.64. The van der Waals surface area contributed by atoms with E-state index < -0.39 is 0 Å². The van der Waals surface area contributed by atoms with E-state index in [4.69, 9.17) is 4.74 Å². The number of hydrogen-bond donors (Lipinski definition) is 2. The van der Waals surface area contributed by atoms with Crippen molar-refractivity contribution in [2.75, 3.05) is 33.4 Å². The normalized spacial score (nSPS) is 18.8. The lowest BCUT2D eigenvalue weighted by Crippen LogP contribution is -2.52. The average Bonchev–Trinajstić information content (AvgIpc) is 2.65. The Morgan fingerprint density at radius 1 is 1.04 bits per heavy atom. The molecule has 0 bridgehead atoms. The van der Waals surface area contributed by atoms with Gasteiger partial charge in [0.05, 0.1) is 7.11 Å². The quantitative estimate of drug-likeness (QED) is 0.798. The van der Waals surface area contributed by atoms with Crippen LogP contribution in [0.25, 0.3) is 0 Å². The molecule has 26 heavy (non-hydrogen) atoms. The molecule has 1 saturated heterocycles. The number of benzene rings is 2. The summed E-state index contributed by atoms with van der Waals surface area (Å²) in [6, 6.07) is 16.4. The van der Waals surface area contributed by atoms with E-state index in [1.54, 1.807) is 13.2 Å². The maximum Gasteiger partial charge on any atom is 0.160 e. The highest BCUT2D eigenvalue weighted by Crippen LogP contribution is 2.27. The SMILES string of the molecule is COc1ccc(CN2CCN(Cc3ccccc3)[C@H](CCO)C2)cc1O. The third kappa shape index (κ3) is 4.75. The van der Waals surface area contributed by atoms with Crippen molar-refractivity contribution in [3.8, 4) is 11.5 Å². The first-order chi connectivity index (χ1) is 12.7. The van der Waals surface area contributed by atoms with Gasteiger partial charge in [-0.25, -0.2) is 0 Å². The Bertz CT molecular complexity index is 693. The van der Waals surface area contributed by atoms with Crippen LogP contribution in [0.15, 0.2) is 48.5 Å². The zero-order valence-electron chi connectivity index (χ0n) is 15.3. The summed E-state index contributed by atoms with van der Waals surface area (Å²) in [7, 11) is 1.56. The average molecular weight is 356 g/mol. The maximum atomic E-state index is 9.98.